The zero-order valence-electron chi connectivity index (χ0n) is 15.0. The van der Waals surface area contributed by atoms with E-state index in [4.69, 9.17) is 16.1 Å². The van der Waals surface area contributed by atoms with Crippen LogP contribution in [0.2, 0.25) is 5.02 Å². The van der Waals surface area contributed by atoms with Crippen molar-refractivity contribution in [2.24, 2.45) is 0 Å². The van der Waals surface area contributed by atoms with Crippen molar-refractivity contribution in [1.29, 1.82) is 0 Å². The van der Waals surface area contributed by atoms with Crippen LogP contribution in [0.5, 0.6) is 0 Å². The third kappa shape index (κ3) is 3.59. The Balaban J connectivity index is 1.54. The summed E-state index contributed by atoms with van der Waals surface area (Å²) in [6.07, 6.45) is 2.39. The summed E-state index contributed by atoms with van der Waals surface area (Å²) in [5, 5.41) is 4.76. The number of hydrogen-bond acceptors (Lipinski definition) is 5. The Bertz CT molecular complexity index is 987. The lowest BCUT2D eigenvalue weighted by molar-refractivity contribution is -0.117. The van der Waals surface area contributed by atoms with Gasteiger partial charge in [-0.05, 0) is 61.2 Å². The first kappa shape index (κ1) is 18.1. The minimum Gasteiger partial charge on any atom is -0.339 e. The van der Waals surface area contributed by atoms with Crippen molar-refractivity contribution in [2.75, 3.05) is 17.7 Å². The van der Waals surface area contributed by atoms with E-state index < -0.39 is 0 Å². The zero-order valence-corrected chi connectivity index (χ0v) is 16.5. The number of hydrogen-bond donors (Lipinski definition) is 0. The molecule has 1 saturated heterocycles. The Kier molecular flexibility index (Phi) is 4.93. The third-order valence-corrected chi connectivity index (χ3v) is 5.69. The molecule has 1 unspecified atom stereocenters. The highest BCUT2D eigenvalue weighted by Gasteiger charge is 2.35. The number of nitrogens with zero attached hydrogens (tertiary/aromatic N) is 3. The van der Waals surface area contributed by atoms with Crippen molar-refractivity contribution in [1.82, 2.24) is 10.1 Å². The highest BCUT2D eigenvalue weighted by Crippen LogP contribution is 2.34. The maximum absolute atomic E-state index is 12.5. The molecule has 0 aliphatic carbocycles. The molecule has 0 radical (unpaired) electrons. The van der Waals surface area contributed by atoms with E-state index in [1.54, 1.807) is 22.7 Å². The second-order valence-corrected chi connectivity index (χ2v) is 7.84. The fourth-order valence-corrected chi connectivity index (χ4v) is 3.92. The summed E-state index contributed by atoms with van der Waals surface area (Å²) in [4.78, 5) is 20.0. The molecule has 2 heterocycles. The average molecular weight is 400 g/mol. The minimum atomic E-state index is -0.112. The second-order valence-electron chi connectivity index (χ2n) is 6.52. The summed E-state index contributed by atoms with van der Waals surface area (Å²) in [5.41, 5.74) is 2.74. The van der Waals surface area contributed by atoms with Gasteiger partial charge >= 0.3 is 0 Å². The summed E-state index contributed by atoms with van der Waals surface area (Å²) in [6, 6.07) is 13.5. The van der Waals surface area contributed by atoms with Crippen LogP contribution in [0.1, 0.15) is 23.8 Å². The molecule has 0 spiro atoms. The number of carbonyl (C=O) groups is 1. The molecule has 1 aliphatic heterocycles. The maximum atomic E-state index is 12.5. The summed E-state index contributed by atoms with van der Waals surface area (Å²) in [7, 11) is 0. The molecule has 0 saturated carbocycles. The Morgan fingerprint density at radius 1 is 1.22 bits per heavy atom. The van der Waals surface area contributed by atoms with Crippen LogP contribution >= 0.6 is 23.4 Å². The molecule has 1 atom stereocenters. The van der Waals surface area contributed by atoms with E-state index in [1.807, 2.05) is 49.6 Å². The van der Waals surface area contributed by atoms with Crippen molar-refractivity contribution in [3.63, 3.8) is 0 Å². The number of rotatable bonds is 4. The molecule has 7 heteroatoms. The zero-order chi connectivity index (χ0) is 19.0. The molecule has 1 fully saturated rings. The van der Waals surface area contributed by atoms with Gasteiger partial charge in [0.1, 0.15) is 0 Å². The van der Waals surface area contributed by atoms with Gasteiger partial charge in [-0.15, -0.1) is 11.8 Å². The fourth-order valence-electron chi connectivity index (χ4n) is 3.29. The largest absolute Gasteiger partial charge is 0.339 e. The quantitative estimate of drug-likeness (QED) is 0.581. The number of aryl methyl sites for hydroxylation is 1. The van der Waals surface area contributed by atoms with Gasteiger partial charge in [-0.1, -0.05) is 16.8 Å². The summed E-state index contributed by atoms with van der Waals surface area (Å²) < 4.78 is 5.48. The van der Waals surface area contributed by atoms with Gasteiger partial charge < -0.3 is 9.42 Å². The molecule has 1 aliphatic rings. The Hall–Kier alpha value is -2.31. The normalized spacial score (nSPS) is 16.9. The van der Waals surface area contributed by atoms with Gasteiger partial charge in [0.25, 0.3) is 0 Å². The first-order valence-corrected chi connectivity index (χ1v) is 10.2. The first-order chi connectivity index (χ1) is 13.0. The Labute approximate surface area is 166 Å². The van der Waals surface area contributed by atoms with Crippen LogP contribution in [0, 0.1) is 6.92 Å². The predicted molar refractivity (Wildman–Crippen MR) is 107 cm³/mol. The molecular weight excluding hydrogens is 382 g/mol. The first-order valence-electron chi connectivity index (χ1n) is 8.59. The Morgan fingerprint density at radius 2 is 2.00 bits per heavy atom. The number of halogens is 1. The van der Waals surface area contributed by atoms with E-state index in [0.717, 1.165) is 16.8 Å². The number of carbonyl (C=O) groups excluding carboxylic acids is 1. The van der Waals surface area contributed by atoms with E-state index in [1.165, 1.54) is 4.90 Å². The molecule has 1 aromatic heterocycles. The van der Waals surface area contributed by atoms with Gasteiger partial charge in [0.15, 0.2) is 0 Å². The lowest BCUT2D eigenvalue weighted by Gasteiger charge is -2.18. The van der Waals surface area contributed by atoms with Crippen LogP contribution in [-0.4, -0.2) is 28.8 Å². The lowest BCUT2D eigenvalue weighted by Crippen LogP contribution is -2.25. The van der Waals surface area contributed by atoms with Gasteiger partial charge in [-0.3, -0.25) is 4.79 Å². The van der Waals surface area contributed by atoms with E-state index in [-0.39, 0.29) is 11.8 Å². The molecule has 0 bridgehead atoms. The lowest BCUT2D eigenvalue weighted by atomic mass is 10.1. The van der Waals surface area contributed by atoms with Gasteiger partial charge in [-0.25, -0.2) is 0 Å². The standard InChI is InChI=1S/C20H18ClN3O2S/c1-12-9-15(21)5-8-17(12)24-11-14(10-18(24)25)20-22-19(23-26-20)13-3-6-16(27-2)7-4-13/h3-9,14H,10-11H2,1-2H3. The van der Waals surface area contributed by atoms with Gasteiger partial charge in [0.05, 0.1) is 5.92 Å². The van der Waals surface area contributed by atoms with Gasteiger partial charge in [-0.2, -0.15) is 4.98 Å². The fraction of sp³-hybridized carbons (Fsp3) is 0.250. The number of anilines is 1. The molecule has 2 aromatic carbocycles. The SMILES string of the molecule is CSc1ccc(-c2noc(C3CC(=O)N(c4ccc(Cl)cc4C)C3)n2)cc1. The van der Waals surface area contributed by atoms with Crippen molar-refractivity contribution < 1.29 is 9.32 Å². The highest BCUT2D eigenvalue weighted by atomic mass is 35.5. The summed E-state index contributed by atoms with van der Waals surface area (Å²) >= 11 is 7.71. The van der Waals surface area contributed by atoms with Crippen LogP contribution in [0.25, 0.3) is 11.4 Å². The molecule has 5 nitrogen and oxygen atoms in total. The topological polar surface area (TPSA) is 59.2 Å². The minimum absolute atomic E-state index is 0.0505. The summed E-state index contributed by atoms with van der Waals surface area (Å²) in [5.74, 6) is 0.987. The van der Waals surface area contributed by atoms with Crippen molar-refractivity contribution in [2.45, 2.75) is 24.2 Å². The monoisotopic (exact) mass is 399 g/mol. The molecular formula is C20H18ClN3O2S. The number of thioether (sulfide) groups is 1. The van der Waals surface area contributed by atoms with E-state index >= 15 is 0 Å². The van der Waals surface area contributed by atoms with Gasteiger partial charge in [0.2, 0.25) is 17.6 Å². The molecule has 4 rings (SSSR count). The molecule has 138 valence electrons. The number of aromatic nitrogens is 2. The van der Waals surface area contributed by atoms with E-state index in [9.17, 15) is 4.79 Å². The summed E-state index contributed by atoms with van der Waals surface area (Å²) in [6.45, 7) is 2.47. The van der Waals surface area contributed by atoms with Gasteiger partial charge in [0, 0.05) is 34.1 Å². The molecule has 27 heavy (non-hydrogen) atoms. The maximum Gasteiger partial charge on any atom is 0.232 e. The molecule has 1 amide bonds. The van der Waals surface area contributed by atoms with E-state index in [2.05, 4.69) is 10.1 Å². The van der Waals surface area contributed by atoms with Crippen molar-refractivity contribution >= 4 is 35.0 Å². The van der Waals surface area contributed by atoms with Crippen LogP contribution in [0.3, 0.4) is 0 Å². The van der Waals surface area contributed by atoms with Crippen LogP contribution in [0.15, 0.2) is 51.9 Å². The number of amides is 1. The van der Waals surface area contributed by atoms with E-state index in [0.29, 0.717) is 29.7 Å². The van der Waals surface area contributed by atoms with Crippen LogP contribution in [0.4, 0.5) is 5.69 Å². The third-order valence-electron chi connectivity index (χ3n) is 4.71. The predicted octanol–water partition coefficient (Wildman–Crippen LogP) is 4.94. The highest BCUT2D eigenvalue weighted by molar-refractivity contribution is 7.98. The Morgan fingerprint density at radius 3 is 2.70 bits per heavy atom. The van der Waals surface area contributed by atoms with Crippen LogP contribution in [-0.2, 0) is 4.79 Å². The van der Waals surface area contributed by atoms with Crippen LogP contribution < -0.4 is 4.90 Å². The molecule has 3 aromatic rings. The number of benzene rings is 2. The smallest absolute Gasteiger partial charge is 0.232 e. The van der Waals surface area contributed by atoms with Crippen molar-refractivity contribution in [3.05, 3.63) is 58.9 Å². The van der Waals surface area contributed by atoms with Crippen molar-refractivity contribution in [3.8, 4) is 11.4 Å². The second kappa shape index (κ2) is 7.37. The average Bonchev–Trinajstić information content (AvgIpc) is 3.29. The molecule has 0 N–H and O–H groups in total.